The molecule has 4 heteroatoms. The predicted octanol–water partition coefficient (Wildman–Crippen LogP) is 9.27. The first kappa shape index (κ1) is 29.9. The van der Waals surface area contributed by atoms with Gasteiger partial charge in [0.25, 0.3) is 0 Å². The van der Waals surface area contributed by atoms with E-state index in [1.165, 1.54) is 53.3 Å². The number of rotatable bonds is 5. The average molecular weight is 692 g/mol. The van der Waals surface area contributed by atoms with Crippen molar-refractivity contribution in [1.29, 1.82) is 0 Å². The molecule has 11 rings (SSSR count). The number of imidazole rings is 1. The summed E-state index contributed by atoms with van der Waals surface area (Å²) in [5.41, 5.74) is 7.82. The molecule has 3 aromatic heterocycles. The van der Waals surface area contributed by atoms with Crippen LogP contribution in [-0.4, -0.2) is 22.0 Å². The van der Waals surface area contributed by atoms with E-state index in [9.17, 15) is 0 Å². The standard InChI is InChI=1S/C49H33N3Si/c1-4-18-35(19-5-1)53(36-20-6-2-7-21-36,37-22-8-3-9-23-37)38-24-16-17-34(33-38)51-44-29-14-12-25-39(44)41-31-32-46-47(48(41)51)40-26-10-11-27-42(40)49-50-43-28-13-15-30-45(43)52(46)49/h1-33H. The molecule has 0 aliphatic heterocycles. The number of nitrogens with zero attached hydrogens (tertiary/aromatic N) is 3. The minimum Gasteiger partial charge on any atom is -0.309 e. The van der Waals surface area contributed by atoms with Crippen molar-refractivity contribution >= 4 is 89.0 Å². The molecular formula is C49H33N3Si. The van der Waals surface area contributed by atoms with Gasteiger partial charge in [-0.05, 0) is 62.5 Å². The maximum atomic E-state index is 5.18. The molecule has 0 atom stereocenters. The highest BCUT2D eigenvalue weighted by Crippen LogP contribution is 2.41. The molecule has 0 aliphatic carbocycles. The molecule has 3 heterocycles. The van der Waals surface area contributed by atoms with Crippen molar-refractivity contribution in [3.8, 4) is 5.69 Å². The molecule has 0 saturated heterocycles. The Hall–Kier alpha value is -6.75. The lowest BCUT2D eigenvalue weighted by Crippen LogP contribution is -2.74. The van der Waals surface area contributed by atoms with Crippen LogP contribution in [0.5, 0.6) is 0 Å². The van der Waals surface area contributed by atoms with Crippen molar-refractivity contribution in [2.24, 2.45) is 0 Å². The van der Waals surface area contributed by atoms with Gasteiger partial charge < -0.3 is 4.57 Å². The lowest BCUT2D eigenvalue weighted by atomic mass is 10.0. The lowest BCUT2D eigenvalue weighted by molar-refractivity contribution is 1.19. The van der Waals surface area contributed by atoms with E-state index >= 15 is 0 Å². The Kier molecular flexibility index (Phi) is 6.57. The van der Waals surface area contributed by atoms with Crippen LogP contribution in [0.4, 0.5) is 0 Å². The molecule has 0 amide bonds. The maximum Gasteiger partial charge on any atom is 0.179 e. The first-order valence-electron chi connectivity index (χ1n) is 18.2. The Morgan fingerprint density at radius 3 is 1.60 bits per heavy atom. The molecule has 0 bridgehead atoms. The van der Waals surface area contributed by atoms with E-state index in [0.29, 0.717) is 0 Å². The van der Waals surface area contributed by atoms with Crippen molar-refractivity contribution in [2.75, 3.05) is 0 Å². The van der Waals surface area contributed by atoms with Gasteiger partial charge in [-0.15, -0.1) is 0 Å². The molecule has 53 heavy (non-hydrogen) atoms. The predicted molar refractivity (Wildman–Crippen MR) is 226 cm³/mol. The molecule has 0 fully saturated rings. The van der Waals surface area contributed by atoms with E-state index in [1.54, 1.807) is 0 Å². The summed E-state index contributed by atoms with van der Waals surface area (Å²) in [6.45, 7) is 0. The van der Waals surface area contributed by atoms with Crippen LogP contribution in [0.25, 0.3) is 65.8 Å². The van der Waals surface area contributed by atoms with Crippen molar-refractivity contribution in [1.82, 2.24) is 14.0 Å². The van der Waals surface area contributed by atoms with E-state index in [1.807, 2.05) is 0 Å². The Balaban J connectivity index is 1.30. The molecule has 0 N–H and O–H groups in total. The summed E-state index contributed by atoms with van der Waals surface area (Å²) < 4.78 is 4.89. The SMILES string of the molecule is c1ccc([Si](c2ccccc2)(c2ccccc2)c2cccc(-n3c4ccccc4c4ccc5c(c6ccccc6c6nc7ccccc7n56)c43)c2)cc1. The highest BCUT2D eigenvalue weighted by molar-refractivity contribution is 7.19. The summed E-state index contributed by atoms with van der Waals surface area (Å²) in [5, 5.41) is 11.5. The third-order valence-electron chi connectivity index (χ3n) is 11.2. The van der Waals surface area contributed by atoms with Crippen molar-refractivity contribution in [2.45, 2.75) is 0 Å². The fourth-order valence-corrected chi connectivity index (χ4v) is 13.8. The molecule has 248 valence electrons. The van der Waals surface area contributed by atoms with Crippen molar-refractivity contribution in [3.63, 3.8) is 0 Å². The summed E-state index contributed by atoms with van der Waals surface area (Å²) in [6, 6.07) is 73.7. The van der Waals surface area contributed by atoms with Gasteiger partial charge in [0.2, 0.25) is 0 Å². The van der Waals surface area contributed by atoms with Crippen molar-refractivity contribution < 1.29 is 0 Å². The molecule has 8 aromatic carbocycles. The van der Waals surface area contributed by atoms with E-state index in [4.69, 9.17) is 4.98 Å². The smallest absolute Gasteiger partial charge is 0.179 e. The zero-order chi connectivity index (χ0) is 34.9. The Morgan fingerprint density at radius 1 is 0.377 bits per heavy atom. The third kappa shape index (κ3) is 4.24. The summed E-state index contributed by atoms with van der Waals surface area (Å²) in [5.74, 6) is 0. The van der Waals surface area contributed by atoms with Gasteiger partial charge in [0.15, 0.2) is 8.07 Å². The topological polar surface area (TPSA) is 22.2 Å². The lowest BCUT2D eigenvalue weighted by Gasteiger charge is -2.34. The second-order valence-electron chi connectivity index (χ2n) is 13.9. The fourth-order valence-electron chi connectivity index (χ4n) is 9.06. The first-order chi connectivity index (χ1) is 26.3. The number of benzene rings is 8. The highest BCUT2D eigenvalue weighted by atomic mass is 28.3. The number of pyridine rings is 1. The van der Waals surface area contributed by atoms with Crippen LogP contribution >= 0.6 is 0 Å². The van der Waals surface area contributed by atoms with Gasteiger partial charge in [-0.1, -0.05) is 164 Å². The zero-order valence-corrected chi connectivity index (χ0v) is 29.9. The molecule has 0 saturated carbocycles. The Labute approximate surface area is 307 Å². The van der Waals surface area contributed by atoms with Crippen LogP contribution in [0.2, 0.25) is 0 Å². The van der Waals surface area contributed by atoms with E-state index < -0.39 is 8.07 Å². The zero-order valence-electron chi connectivity index (χ0n) is 28.9. The van der Waals surface area contributed by atoms with Gasteiger partial charge in [-0.2, -0.15) is 0 Å². The van der Waals surface area contributed by atoms with Gasteiger partial charge in [0.1, 0.15) is 5.65 Å². The second kappa shape index (κ2) is 11.6. The van der Waals surface area contributed by atoms with Crippen LogP contribution in [-0.2, 0) is 0 Å². The van der Waals surface area contributed by atoms with Crippen LogP contribution in [0, 0.1) is 0 Å². The number of fused-ring (bicyclic) bond motifs is 12. The molecule has 3 nitrogen and oxygen atoms in total. The largest absolute Gasteiger partial charge is 0.309 e. The van der Waals surface area contributed by atoms with Crippen LogP contribution in [0.3, 0.4) is 0 Å². The minimum absolute atomic E-state index is 0.989. The van der Waals surface area contributed by atoms with Gasteiger partial charge >= 0.3 is 0 Å². The second-order valence-corrected chi connectivity index (χ2v) is 17.7. The molecule has 0 spiro atoms. The highest BCUT2D eigenvalue weighted by Gasteiger charge is 2.41. The number of hydrogen-bond donors (Lipinski definition) is 0. The van der Waals surface area contributed by atoms with Gasteiger partial charge in [0.05, 0.1) is 27.6 Å². The first-order valence-corrected chi connectivity index (χ1v) is 20.2. The molecule has 0 aliphatic rings. The molecule has 0 radical (unpaired) electrons. The molecular weight excluding hydrogens is 659 g/mol. The maximum absolute atomic E-state index is 5.18. The fraction of sp³-hybridized carbons (Fsp3) is 0. The molecule has 11 aromatic rings. The van der Waals surface area contributed by atoms with E-state index in [0.717, 1.165) is 33.3 Å². The number of para-hydroxylation sites is 3. The minimum atomic E-state index is -2.76. The summed E-state index contributed by atoms with van der Waals surface area (Å²) in [6.07, 6.45) is 0. The Bertz CT molecular complexity index is 3070. The van der Waals surface area contributed by atoms with E-state index in [2.05, 4.69) is 209 Å². The van der Waals surface area contributed by atoms with Crippen LogP contribution < -0.4 is 20.7 Å². The number of aromatic nitrogens is 3. The number of hydrogen-bond acceptors (Lipinski definition) is 1. The third-order valence-corrected chi connectivity index (χ3v) is 16.0. The average Bonchev–Trinajstić information content (AvgIpc) is 3.79. The van der Waals surface area contributed by atoms with Crippen molar-refractivity contribution in [3.05, 3.63) is 200 Å². The summed E-state index contributed by atoms with van der Waals surface area (Å²) >= 11 is 0. The summed E-state index contributed by atoms with van der Waals surface area (Å²) in [7, 11) is -2.76. The van der Waals surface area contributed by atoms with Gasteiger partial charge in [-0.25, -0.2) is 4.98 Å². The monoisotopic (exact) mass is 691 g/mol. The molecule has 0 unspecified atom stereocenters. The van der Waals surface area contributed by atoms with Gasteiger partial charge in [0, 0.05) is 27.2 Å². The van der Waals surface area contributed by atoms with E-state index in [-0.39, 0.29) is 0 Å². The van der Waals surface area contributed by atoms with Crippen LogP contribution in [0.15, 0.2) is 200 Å². The normalized spacial score (nSPS) is 12.2. The summed E-state index contributed by atoms with van der Waals surface area (Å²) in [4.78, 5) is 5.18. The van der Waals surface area contributed by atoms with Gasteiger partial charge in [-0.3, -0.25) is 4.40 Å². The quantitative estimate of drug-likeness (QED) is 0.100. The van der Waals surface area contributed by atoms with Crippen LogP contribution in [0.1, 0.15) is 0 Å². The Morgan fingerprint density at radius 2 is 0.925 bits per heavy atom.